The van der Waals surface area contributed by atoms with Crippen molar-refractivity contribution in [3.63, 3.8) is 0 Å². The molecule has 0 unspecified atom stereocenters. The van der Waals surface area contributed by atoms with Crippen LogP contribution in [0.3, 0.4) is 0 Å². The minimum atomic E-state index is -0.561. The summed E-state index contributed by atoms with van der Waals surface area (Å²) in [5.41, 5.74) is 26.0. The summed E-state index contributed by atoms with van der Waals surface area (Å²) in [5, 5.41) is 2.46. The number of rotatable bonds is 8. The largest absolute Gasteiger partial charge is 0.309 e. The molecule has 78 heavy (non-hydrogen) atoms. The molecule has 0 radical (unpaired) electrons. The molecule has 13 aromatic rings. The molecule has 0 N–H and O–H groups in total. The van der Waals surface area contributed by atoms with E-state index in [-0.39, 0.29) is 5.41 Å². The molecule has 12 aromatic carbocycles. The maximum absolute atomic E-state index is 2.57. The molecular weight excluding hydrogens is 941 g/mol. The third-order valence-electron chi connectivity index (χ3n) is 17.1. The van der Waals surface area contributed by atoms with Crippen molar-refractivity contribution in [1.29, 1.82) is 0 Å². The number of nitrogens with zero attached hydrogens (tertiary/aromatic N) is 2. The zero-order valence-electron chi connectivity index (χ0n) is 43.6. The third-order valence-corrected chi connectivity index (χ3v) is 17.1. The van der Waals surface area contributed by atoms with Gasteiger partial charge in [0.15, 0.2) is 0 Å². The molecule has 2 aliphatic carbocycles. The Hall–Kier alpha value is -9.76. The Morgan fingerprint density at radius 1 is 0.308 bits per heavy atom. The van der Waals surface area contributed by atoms with Crippen LogP contribution in [-0.2, 0) is 10.8 Å². The van der Waals surface area contributed by atoms with Gasteiger partial charge in [0.05, 0.1) is 27.8 Å². The van der Waals surface area contributed by atoms with Crippen LogP contribution >= 0.6 is 0 Å². The fraction of sp³-hybridized carbons (Fsp3) is 0.0526. The molecule has 0 saturated heterocycles. The monoisotopic (exact) mass is 994 g/mol. The van der Waals surface area contributed by atoms with Gasteiger partial charge in [0.2, 0.25) is 0 Å². The highest BCUT2D eigenvalue weighted by atomic mass is 15.1. The number of hydrogen-bond donors (Lipinski definition) is 0. The molecule has 2 heteroatoms. The maximum atomic E-state index is 2.57. The summed E-state index contributed by atoms with van der Waals surface area (Å²) in [7, 11) is 0. The lowest BCUT2D eigenvalue weighted by molar-refractivity contribution is 0.563. The van der Waals surface area contributed by atoms with Crippen LogP contribution in [0.4, 0.5) is 17.1 Å². The average Bonchev–Trinajstić information content (AvgIpc) is 3.53. The number of fused-ring (bicyclic) bond motifs is 12. The van der Waals surface area contributed by atoms with Crippen molar-refractivity contribution in [2.24, 2.45) is 0 Å². The number of benzene rings is 12. The van der Waals surface area contributed by atoms with E-state index < -0.39 is 5.41 Å². The molecular formula is C76H54N2. The van der Waals surface area contributed by atoms with Gasteiger partial charge in [-0.05, 0) is 126 Å². The Labute approximate surface area is 456 Å². The first-order valence-electron chi connectivity index (χ1n) is 27.3. The number of hydrogen-bond acceptors (Lipinski definition) is 1. The van der Waals surface area contributed by atoms with Crippen molar-refractivity contribution >= 4 is 38.9 Å². The summed E-state index contributed by atoms with van der Waals surface area (Å²) in [5.74, 6) is 0. The van der Waals surface area contributed by atoms with Crippen molar-refractivity contribution in [2.75, 3.05) is 4.90 Å². The molecule has 1 aromatic heterocycles. The molecule has 0 bridgehead atoms. The molecule has 1 spiro atoms. The van der Waals surface area contributed by atoms with Crippen LogP contribution in [0.25, 0.3) is 83.1 Å². The highest BCUT2D eigenvalue weighted by molar-refractivity contribution is 6.16. The van der Waals surface area contributed by atoms with Crippen molar-refractivity contribution in [3.8, 4) is 61.3 Å². The Morgan fingerprint density at radius 2 is 0.769 bits per heavy atom. The van der Waals surface area contributed by atoms with E-state index in [9.17, 15) is 0 Å². The zero-order valence-corrected chi connectivity index (χ0v) is 43.6. The smallest absolute Gasteiger partial charge is 0.0720 e. The second-order valence-corrected chi connectivity index (χ2v) is 21.5. The van der Waals surface area contributed by atoms with E-state index in [2.05, 4.69) is 315 Å². The summed E-state index contributed by atoms with van der Waals surface area (Å²) < 4.78 is 2.41. The van der Waals surface area contributed by atoms with E-state index in [0.29, 0.717) is 0 Å². The highest BCUT2D eigenvalue weighted by Crippen LogP contribution is 2.64. The lowest BCUT2D eigenvalue weighted by Gasteiger charge is -2.46. The van der Waals surface area contributed by atoms with E-state index in [1.165, 1.54) is 94.1 Å². The SMILES string of the molecule is CC1(C)c2ccccc2C2(c3ccccc3-c3c(N(c4cccc(-c5cccc6c5c5ccccc5n6-c5ccccc5)c4)c4ccccc4-c4ccccc4-c4ccccc4-c4ccccc4)cccc32)c2ccccc21. The van der Waals surface area contributed by atoms with Gasteiger partial charge in [0, 0.05) is 38.7 Å². The fourth-order valence-electron chi connectivity index (χ4n) is 13.8. The molecule has 0 aliphatic heterocycles. The normalized spacial score (nSPS) is 13.5. The quantitative estimate of drug-likeness (QED) is 0.147. The summed E-state index contributed by atoms with van der Waals surface area (Å²) in [6, 6.07) is 108. The van der Waals surface area contributed by atoms with Gasteiger partial charge in [-0.25, -0.2) is 0 Å². The lowest BCUT2D eigenvalue weighted by atomic mass is 9.55. The van der Waals surface area contributed by atoms with Crippen LogP contribution in [0.1, 0.15) is 47.2 Å². The fourth-order valence-corrected chi connectivity index (χ4v) is 13.8. The Morgan fingerprint density at radius 3 is 1.49 bits per heavy atom. The first kappa shape index (κ1) is 45.6. The van der Waals surface area contributed by atoms with Crippen molar-refractivity contribution < 1.29 is 0 Å². The minimum Gasteiger partial charge on any atom is -0.309 e. The van der Waals surface area contributed by atoms with Crippen LogP contribution in [0.5, 0.6) is 0 Å². The van der Waals surface area contributed by atoms with Gasteiger partial charge in [-0.2, -0.15) is 0 Å². The van der Waals surface area contributed by atoms with E-state index in [1.54, 1.807) is 0 Å². The summed E-state index contributed by atoms with van der Waals surface area (Å²) in [4.78, 5) is 2.57. The third kappa shape index (κ3) is 6.69. The van der Waals surface area contributed by atoms with Crippen molar-refractivity contribution in [3.05, 3.63) is 325 Å². The van der Waals surface area contributed by atoms with Gasteiger partial charge in [-0.3, -0.25) is 0 Å². The molecule has 15 rings (SSSR count). The molecule has 2 nitrogen and oxygen atoms in total. The summed E-state index contributed by atoms with van der Waals surface area (Å²) >= 11 is 0. The minimum absolute atomic E-state index is 0.206. The molecule has 0 saturated carbocycles. The number of para-hydroxylation sites is 3. The van der Waals surface area contributed by atoms with Crippen LogP contribution in [0.2, 0.25) is 0 Å². The van der Waals surface area contributed by atoms with Gasteiger partial charge in [0.25, 0.3) is 0 Å². The summed E-state index contributed by atoms with van der Waals surface area (Å²) in [6.45, 7) is 4.80. The Kier molecular flexibility index (Phi) is 10.5. The topological polar surface area (TPSA) is 8.17 Å². The molecule has 0 atom stereocenters. The van der Waals surface area contributed by atoms with Crippen LogP contribution in [0.15, 0.2) is 291 Å². The average molecular weight is 995 g/mol. The van der Waals surface area contributed by atoms with Crippen LogP contribution in [0, 0.1) is 0 Å². The molecule has 0 amide bonds. The Balaban J connectivity index is 1.02. The van der Waals surface area contributed by atoms with Gasteiger partial charge in [-0.1, -0.05) is 257 Å². The van der Waals surface area contributed by atoms with Crippen LogP contribution in [-0.4, -0.2) is 4.57 Å². The van der Waals surface area contributed by atoms with Gasteiger partial charge in [0.1, 0.15) is 0 Å². The predicted octanol–water partition coefficient (Wildman–Crippen LogP) is 19.9. The number of anilines is 3. The summed E-state index contributed by atoms with van der Waals surface area (Å²) in [6.07, 6.45) is 0. The first-order valence-corrected chi connectivity index (χ1v) is 27.3. The number of aromatic nitrogens is 1. The van der Waals surface area contributed by atoms with Crippen molar-refractivity contribution in [1.82, 2.24) is 4.57 Å². The second-order valence-electron chi connectivity index (χ2n) is 21.5. The first-order chi connectivity index (χ1) is 38.5. The van der Waals surface area contributed by atoms with Gasteiger partial charge < -0.3 is 9.47 Å². The van der Waals surface area contributed by atoms with Crippen molar-refractivity contribution in [2.45, 2.75) is 24.7 Å². The maximum Gasteiger partial charge on any atom is 0.0720 e. The van der Waals surface area contributed by atoms with E-state index in [1.807, 2.05) is 0 Å². The molecule has 1 heterocycles. The predicted molar refractivity (Wildman–Crippen MR) is 327 cm³/mol. The molecule has 0 fully saturated rings. The Bertz CT molecular complexity index is 4430. The van der Waals surface area contributed by atoms with E-state index >= 15 is 0 Å². The van der Waals surface area contributed by atoms with E-state index in [4.69, 9.17) is 0 Å². The molecule has 2 aliphatic rings. The molecule has 368 valence electrons. The lowest BCUT2D eigenvalue weighted by Crippen LogP contribution is -2.40. The highest BCUT2D eigenvalue weighted by Gasteiger charge is 2.54. The van der Waals surface area contributed by atoms with Gasteiger partial charge in [-0.15, -0.1) is 0 Å². The van der Waals surface area contributed by atoms with Gasteiger partial charge >= 0.3 is 0 Å². The van der Waals surface area contributed by atoms with E-state index in [0.717, 1.165) is 39.4 Å². The van der Waals surface area contributed by atoms with Crippen LogP contribution < -0.4 is 4.90 Å². The standard InChI is InChI=1S/C76H54N2/c1-75(2)64-41-17-19-43-66(64)76(67-44-20-18-42-65(67)75)63-40-16-13-37-61(63)74-68(76)45-25-49-72(74)78(69-46-21-14-36-60(69)59-35-12-11-34-58(59)57-33-10-9-32-55(57)51-26-5-3-6-27-51)54-31-23-28-52(50-54)56-39-24-48-71-73(56)62-38-15-22-47-70(62)77(71)53-29-7-4-8-30-53/h3-50H,1-2H3. The zero-order chi connectivity index (χ0) is 52.0. The second kappa shape index (κ2) is 17.9.